The molecule has 2 rings (SSSR count). The molecular weight excluding hydrogens is 194 g/mol. The topological polar surface area (TPSA) is 66.4 Å². The van der Waals surface area contributed by atoms with E-state index < -0.39 is 17.2 Å². The Hall–Kier alpha value is -1.16. The molecule has 0 aromatic carbocycles. The average Bonchev–Trinajstić information content (AvgIpc) is 2.44. The molecule has 1 saturated carbocycles. The SMILES string of the molecule is CC1(O)CC(=C2CCCCN2)C(=O)C1=O. The van der Waals surface area contributed by atoms with Gasteiger partial charge in [-0.1, -0.05) is 0 Å². The highest BCUT2D eigenvalue weighted by Gasteiger charge is 2.46. The molecule has 15 heavy (non-hydrogen) atoms. The first-order valence-corrected chi connectivity index (χ1v) is 5.30. The van der Waals surface area contributed by atoms with Crippen molar-refractivity contribution in [1.29, 1.82) is 0 Å². The molecule has 2 aliphatic rings. The zero-order valence-electron chi connectivity index (χ0n) is 8.80. The third-order valence-corrected chi connectivity index (χ3v) is 3.05. The summed E-state index contributed by atoms with van der Waals surface area (Å²) in [4.78, 5) is 23.0. The number of ketones is 2. The standard InChI is InChI=1S/C11H15NO3/c1-11(15)6-7(9(13)10(11)14)8-4-2-3-5-12-8/h12,15H,2-6H2,1H3. The Morgan fingerprint density at radius 3 is 2.53 bits per heavy atom. The van der Waals surface area contributed by atoms with Crippen LogP contribution in [-0.2, 0) is 9.59 Å². The molecule has 2 fully saturated rings. The first kappa shape index (κ1) is 10.4. The lowest BCUT2D eigenvalue weighted by Crippen LogP contribution is -2.31. The van der Waals surface area contributed by atoms with Crippen LogP contribution in [0.15, 0.2) is 11.3 Å². The van der Waals surface area contributed by atoms with E-state index in [1.54, 1.807) is 0 Å². The van der Waals surface area contributed by atoms with E-state index >= 15 is 0 Å². The smallest absolute Gasteiger partial charge is 0.234 e. The van der Waals surface area contributed by atoms with Crippen molar-refractivity contribution in [3.63, 3.8) is 0 Å². The summed E-state index contributed by atoms with van der Waals surface area (Å²) < 4.78 is 0. The number of carbonyl (C=O) groups excluding carboxylic acids is 2. The molecule has 1 saturated heterocycles. The van der Waals surface area contributed by atoms with E-state index in [1.165, 1.54) is 6.92 Å². The van der Waals surface area contributed by atoms with Crippen molar-refractivity contribution in [2.24, 2.45) is 0 Å². The van der Waals surface area contributed by atoms with Crippen LogP contribution in [0, 0.1) is 0 Å². The molecule has 4 heteroatoms. The van der Waals surface area contributed by atoms with Gasteiger partial charge in [0, 0.05) is 24.2 Å². The molecule has 0 aromatic rings. The zero-order valence-corrected chi connectivity index (χ0v) is 8.80. The van der Waals surface area contributed by atoms with E-state index in [0.29, 0.717) is 5.57 Å². The highest BCUT2D eigenvalue weighted by Crippen LogP contribution is 2.31. The van der Waals surface area contributed by atoms with Gasteiger partial charge in [-0.3, -0.25) is 9.59 Å². The molecule has 0 spiro atoms. The molecule has 1 aliphatic heterocycles. The molecule has 0 amide bonds. The molecule has 4 nitrogen and oxygen atoms in total. The predicted octanol–water partition coefficient (Wildman–Crippen LogP) is 0.307. The van der Waals surface area contributed by atoms with Gasteiger partial charge in [-0.2, -0.15) is 0 Å². The Morgan fingerprint density at radius 2 is 2.07 bits per heavy atom. The largest absolute Gasteiger partial charge is 0.388 e. The van der Waals surface area contributed by atoms with E-state index in [1.807, 2.05) is 0 Å². The van der Waals surface area contributed by atoms with Crippen LogP contribution in [0.5, 0.6) is 0 Å². The number of aliphatic hydroxyl groups is 1. The summed E-state index contributed by atoms with van der Waals surface area (Å²) in [5, 5.41) is 12.8. The molecule has 1 unspecified atom stereocenters. The Balaban J connectivity index is 2.31. The van der Waals surface area contributed by atoms with Crippen LogP contribution in [0.25, 0.3) is 0 Å². The van der Waals surface area contributed by atoms with Crippen molar-refractivity contribution >= 4 is 11.6 Å². The third kappa shape index (κ3) is 1.69. The van der Waals surface area contributed by atoms with Crippen molar-refractivity contribution in [3.8, 4) is 0 Å². The summed E-state index contributed by atoms with van der Waals surface area (Å²) >= 11 is 0. The Morgan fingerprint density at radius 1 is 1.33 bits per heavy atom. The second-order valence-electron chi connectivity index (χ2n) is 4.45. The number of nitrogens with one attached hydrogen (secondary N) is 1. The maximum absolute atomic E-state index is 11.6. The summed E-state index contributed by atoms with van der Waals surface area (Å²) in [6, 6.07) is 0. The van der Waals surface area contributed by atoms with Crippen LogP contribution in [-0.4, -0.2) is 28.8 Å². The van der Waals surface area contributed by atoms with Crippen molar-refractivity contribution < 1.29 is 14.7 Å². The number of hydrogen-bond donors (Lipinski definition) is 2. The maximum atomic E-state index is 11.6. The molecule has 1 atom stereocenters. The number of rotatable bonds is 0. The van der Waals surface area contributed by atoms with E-state index in [0.717, 1.165) is 31.5 Å². The van der Waals surface area contributed by atoms with E-state index in [2.05, 4.69) is 5.32 Å². The number of carbonyl (C=O) groups is 2. The van der Waals surface area contributed by atoms with Crippen LogP contribution in [0.4, 0.5) is 0 Å². The Labute approximate surface area is 88.4 Å². The summed E-state index contributed by atoms with van der Waals surface area (Å²) in [6.45, 7) is 2.26. The minimum atomic E-state index is -1.49. The fraction of sp³-hybridized carbons (Fsp3) is 0.636. The summed E-state index contributed by atoms with van der Waals surface area (Å²) in [5.74, 6) is -1.18. The molecule has 0 radical (unpaired) electrons. The van der Waals surface area contributed by atoms with Crippen molar-refractivity contribution in [2.75, 3.05) is 6.54 Å². The highest BCUT2D eigenvalue weighted by atomic mass is 16.3. The Bertz CT molecular complexity index is 347. The molecule has 82 valence electrons. The molecule has 0 aromatic heterocycles. The molecular formula is C11H15NO3. The number of piperidine rings is 1. The minimum Gasteiger partial charge on any atom is -0.388 e. The average molecular weight is 209 g/mol. The zero-order chi connectivity index (χ0) is 11.1. The predicted molar refractivity (Wildman–Crippen MR) is 54.1 cm³/mol. The fourth-order valence-corrected chi connectivity index (χ4v) is 2.14. The van der Waals surface area contributed by atoms with Gasteiger partial charge < -0.3 is 10.4 Å². The lowest BCUT2D eigenvalue weighted by atomic mass is 10.0. The van der Waals surface area contributed by atoms with Crippen LogP contribution < -0.4 is 5.32 Å². The van der Waals surface area contributed by atoms with Gasteiger partial charge in [0.15, 0.2) is 0 Å². The fourth-order valence-electron chi connectivity index (χ4n) is 2.14. The number of hydrogen-bond acceptors (Lipinski definition) is 4. The summed E-state index contributed by atoms with van der Waals surface area (Å²) in [6.07, 6.45) is 3.10. The van der Waals surface area contributed by atoms with Gasteiger partial charge in [-0.15, -0.1) is 0 Å². The van der Waals surface area contributed by atoms with Crippen LogP contribution in [0.1, 0.15) is 32.6 Å². The molecule has 1 aliphatic carbocycles. The van der Waals surface area contributed by atoms with Gasteiger partial charge in [-0.25, -0.2) is 0 Å². The first-order valence-electron chi connectivity index (χ1n) is 5.30. The van der Waals surface area contributed by atoms with Crippen molar-refractivity contribution in [2.45, 2.75) is 38.2 Å². The molecule has 1 heterocycles. The second kappa shape index (κ2) is 3.45. The Kier molecular flexibility index (Phi) is 2.38. The highest BCUT2D eigenvalue weighted by molar-refractivity contribution is 6.48. The normalized spacial score (nSPS) is 36.9. The minimum absolute atomic E-state index is 0.160. The number of allylic oxidation sites excluding steroid dienone is 1. The lowest BCUT2D eigenvalue weighted by Gasteiger charge is -2.19. The van der Waals surface area contributed by atoms with Gasteiger partial charge in [0.1, 0.15) is 5.60 Å². The molecule has 0 bridgehead atoms. The van der Waals surface area contributed by atoms with Gasteiger partial charge in [0.25, 0.3) is 0 Å². The van der Waals surface area contributed by atoms with E-state index in [9.17, 15) is 14.7 Å². The molecule has 2 N–H and O–H groups in total. The van der Waals surface area contributed by atoms with Crippen LogP contribution in [0.2, 0.25) is 0 Å². The van der Waals surface area contributed by atoms with E-state index in [-0.39, 0.29) is 6.42 Å². The second-order valence-corrected chi connectivity index (χ2v) is 4.45. The monoisotopic (exact) mass is 209 g/mol. The van der Waals surface area contributed by atoms with Crippen molar-refractivity contribution in [1.82, 2.24) is 5.32 Å². The van der Waals surface area contributed by atoms with Gasteiger partial charge in [0.2, 0.25) is 11.6 Å². The van der Waals surface area contributed by atoms with E-state index in [4.69, 9.17) is 0 Å². The summed E-state index contributed by atoms with van der Waals surface area (Å²) in [7, 11) is 0. The van der Waals surface area contributed by atoms with Crippen LogP contribution in [0.3, 0.4) is 0 Å². The summed E-state index contributed by atoms with van der Waals surface area (Å²) in [5.41, 5.74) is -0.138. The van der Waals surface area contributed by atoms with Gasteiger partial charge >= 0.3 is 0 Å². The van der Waals surface area contributed by atoms with Crippen molar-refractivity contribution in [3.05, 3.63) is 11.3 Å². The lowest BCUT2D eigenvalue weighted by molar-refractivity contribution is -0.141. The first-order chi connectivity index (χ1) is 7.02. The van der Waals surface area contributed by atoms with Gasteiger partial charge in [-0.05, 0) is 26.2 Å². The number of Topliss-reactive ketones (excluding diaryl/α,β-unsaturated/α-hetero) is 2. The maximum Gasteiger partial charge on any atom is 0.234 e. The third-order valence-electron chi connectivity index (χ3n) is 3.05. The quantitative estimate of drug-likeness (QED) is 0.445. The van der Waals surface area contributed by atoms with Crippen LogP contribution >= 0.6 is 0 Å². The van der Waals surface area contributed by atoms with Gasteiger partial charge in [0.05, 0.1) is 0 Å².